The highest BCUT2D eigenvalue weighted by molar-refractivity contribution is 5.71. The van der Waals surface area contributed by atoms with Crippen molar-refractivity contribution < 1.29 is 28.6 Å². The molecule has 0 heterocycles. The van der Waals surface area contributed by atoms with E-state index in [2.05, 4.69) is 81.5 Å². The first-order valence-electron chi connectivity index (χ1n) is 31.3. The van der Waals surface area contributed by atoms with Gasteiger partial charge in [-0.05, 0) is 89.9 Å². The summed E-state index contributed by atoms with van der Waals surface area (Å²) in [4.78, 5) is 38.1. The number of allylic oxidation sites excluding steroid dienone is 10. The minimum Gasteiger partial charge on any atom is -0.462 e. The van der Waals surface area contributed by atoms with Crippen molar-refractivity contribution in [3.63, 3.8) is 0 Å². The lowest BCUT2D eigenvalue weighted by molar-refractivity contribution is -0.167. The topological polar surface area (TPSA) is 78.9 Å². The zero-order chi connectivity index (χ0) is 52.2. The van der Waals surface area contributed by atoms with E-state index in [1.54, 1.807) is 0 Å². The second kappa shape index (κ2) is 60.7. The van der Waals surface area contributed by atoms with Gasteiger partial charge in [0.15, 0.2) is 6.10 Å². The molecule has 0 aromatic heterocycles. The summed E-state index contributed by atoms with van der Waals surface area (Å²) in [6, 6.07) is 0. The largest absolute Gasteiger partial charge is 0.462 e. The molecule has 0 N–H and O–H groups in total. The fourth-order valence-corrected chi connectivity index (χ4v) is 9.01. The summed E-state index contributed by atoms with van der Waals surface area (Å²) < 4.78 is 16.9. The Morgan fingerprint density at radius 3 is 0.806 bits per heavy atom. The van der Waals surface area contributed by atoms with Crippen LogP contribution in [0, 0.1) is 0 Å². The van der Waals surface area contributed by atoms with Crippen molar-refractivity contribution >= 4 is 17.9 Å². The van der Waals surface area contributed by atoms with Crippen LogP contribution in [-0.4, -0.2) is 37.2 Å². The van der Waals surface area contributed by atoms with Crippen LogP contribution in [0.5, 0.6) is 0 Å². The molecule has 0 spiro atoms. The van der Waals surface area contributed by atoms with Crippen LogP contribution in [0.15, 0.2) is 60.8 Å². The van der Waals surface area contributed by atoms with E-state index in [1.807, 2.05) is 0 Å². The Morgan fingerprint density at radius 2 is 0.500 bits per heavy atom. The van der Waals surface area contributed by atoms with E-state index < -0.39 is 6.10 Å². The molecule has 418 valence electrons. The molecule has 6 nitrogen and oxygen atoms in total. The van der Waals surface area contributed by atoms with E-state index >= 15 is 0 Å². The molecule has 0 saturated heterocycles. The standard InChI is InChI=1S/C66H118O6/c1-4-7-10-13-16-19-22-24-26-27-28-29-30-31-32-33-34-35-36-37-38-39-41-42-44-47-50-53-56-59-65(68)71-62-63(61-70-64(67)58-55-52-49-46-21-18-15-12-9-6-3)72-66(69)60-57-54-51-48-45-43-40-25-23-20-17-14-11-8-5-2/h17,20,22,24-25,27-28,30-31,40,63H,4-16,18-19,21,23,26,29,32-39,41-62H2,1-3H3/b20-17-,24-22-,28-27-,31-30-,40-25-. The Labute approximate surface area is 447 Å². The molecule has 0 aromatic carbocycles. The zero-order valence-corrected chi connectivity index (χ0v) is 47.9. The third-order valence-corrected chi connectivity index (χ3v) is 13.7. The van der Waals surface area contributed by atoms with Gasteiger partial charge in [-0.2, -0.15) is 0 Å². The van der Waals surface area contributed by atoms with Crippen molar-refractivity contribution in [1.29, 1.82) is 0 Å². The molecule has 72 heavy (non-hydrogen) atoms. The Morgan fingerprint density at radius 1 is 0.278 bits per heavy atom. The smallest absolute Gasteiger partial charge is 0.306 e. The van der Waals surface area contributed by atoms with Gasteiger partial charge >= 0.3 is 17.9 Å². The first-order chi connectivity index (χ1) is 35.5. The highest BCUT2D eigenvalue weighted by atomic mass is 16.6. The summed E-state index contributed by atoms with van der Waals surface area (Å²) in [7, 11) is 0. The summed E-state index contributed by atoms with van der Waals surface area (Å²) in [6.45, 7) is 6.61. The quantitative estimate of drug-likeness (QED) is 0.0261. The van der Waals surface area contributed by atoms with Gasteiger partial charge < -0.3 is 14.2 Å². The van der Waals surface area contributed by atoms with Crippen LogP contribution in [0.3, 0.4) is 0 Å². The van der Waals surface area contributed by atoms with E-state index in [-0.39, 0.29) is 31.1 Å². The fourth-order valence-electron chi connectivity index (χ4n) is 9.01. The van der Waals surface area contributed by atoms with Gasteiger partial charge in [-0.15, -0.1) is 0 Å². The average Bonchev–Trinajstić information content (AvgIpc) is 3.38. The maximum Gasteiger partial charge on any atom is 0.306 e. The summed E-state index contributed by atoms with van der Waals surface area (Å²) in [6.07, 6.45) is 76.6. The molecule has 0 bridgehead atoms. The van der Waals surface area contributed by atoms with Crippen molar-refractivity contribution in [2.24, 2.45) is 0 Å². The minimum absolute atomic E-state index is 0.0768. The summed E-state index contributed by atoms with van der Waals surface area (Å²) >= 11 is 0. The Hall–Kier alpha value is -2.89. The lowest BCUT2D eigenvalue weighted by Gasteiger charge is -2.18. The van der Waals surface area contributed by atoms with E-state index in [0.29, 0.717) is 19.3 Å². The van der Waals surface area contributed by atoms with Gasteiger partial charge in [0.1, 0.15) is 13.2 Å². The molecular formula is C66H118O6. The van der Waals surface area contributed by atoms with Crippen LogP contribution >= 0.6 is 0 Å². The first-order valence-corrected chi connectivity index (χ1v) is 31.3. The Balaban J connectivity index is 4.16. The SMILES string of the molecule is CCCCC/C=C\C/C=C\CCCCCCCC(=O)OC(COC(=O)CCCCCCCCCCCC)COC(=O)CCCCCCCCCCCCCCCC/C=C\C/C=C\C/C=C\CCCCCCC. The molecule has 0 saturated carbocycles. The number of ether oxygens (including phenoxy) is 3. The predicted octanol–water partition coefficient (Wildman–Crippen LogP) is 21.2. The number of carbonyl (C=O) groups is 3. The van der Waals surface area contributed by atoms with Gasteiger partial charge in [0.2, 0.25) is 0 Å². The van der Waals surface area contributed by atoms with E-state index in [1.165, 1.54) is 186 Å². The van der Waals surface area contributed by atoms with E-state index in [0.717, 1.165) is 96.3 Å². The highest BCUT2D eigenvalue weighted by Crippen LogP contribution is 2.16. The maximum absolute atomic E-state index is 12.8. The van der Waals surface area contributed by atoms with Crippen LogP contribution in [0.4, 0.5) is 0 Å². The van der Waals surface area contributed by atoms with Crippen LogP contribution in [0.25, 0.3) is 0 Å². The number of hydrogen-bond acceptors (Lipinski definition) is 6. The van der Waals surface area contributed by atoms with Gasteiger partial charge in [0.05, 0.1) is 0 Å². The molecule has 0 radical (unpaired) electrons. The molecular weight excluding hydrogens is 889 g/mol. The second-order valence-electron chi connectivity index (χ2n) is 21.0. The summed E-state index contributed by atoms with van der Waals surface area (Å²) in [5, 5.41) is 0. The van der Waals surface area contributed by atoms with Crippen LogP contribution in [0.1, 0.15) is 323 Å². The predicted molar refractivity (Wildman–Crippen MR) is 312 cm³/mol. The number of esters is 3. The first kappa shape index (κ1) is 69.1. The molecule has 0 aliphatic heterocycles. The lowest BCUT2D eigenvalue weighted by atomic mass is 10.0. The van der Waals surface area contributed by atoms with Crippen LogP contribution in [-0.2, 0) is 28.6 Å². The summed E-state index contributed by atoms with van der Waals surface area (Å²) in [5.74, 6) is -0.880. The molecule has 1 atom stereocenters. The normalized spacial score (nSPS) is 12.4. The average molecular weight is 1010 g/mol. The number of hydrogen-bond donors (Lipinski definition) is 0. The molecule has 0 amide bonds. The fraction of sp³-hybridized carbons (Fsp3) is 0.803. The molecule has 0 aromatic rings. The number of rotatable bonds is 57. The number of carbonyl (C=O) groups excluding carboxylic acids is 3. The van der Waals surface area contributed by atoms with E-state index in [4.69, 9.17) is 14.2 Å². The zero-order valence-electron chi connectivity index (χ0n) is 47.9. The van der Waals surface area contributed by atoms with Crippen molar-refractivity contribution in [2.75, 3.05) is 13.2 Å². The van der Waals surface area contributed by atoms with Gasteiger partial charge in [-0.25, -0.2) is 0 Å². The lowest BCUT2D eigenvalue weighted by Crippen LogP contribution is -2.30. The second-order valence-corrected chi connectivity index (χ2v) is 21.0. The number of unbranched alkanes of at least 4 members (excludes halogenated alkanes) is 36. The van der Waals surface area contributed by atoms with Crippen molar-refractivity contribution in [1.82, 2.24) is 0 Å². The van der Waals surface area contributed by atoms with Gasteiger partial charge in [-0.3, -0.25) is 14.4 Å². The van der Waals surface area contributed by atoms with Crippen molar-refractivity contribution in [3.8, 4) is 0 Å². The van der Waals surface area contributed by atoms with Crippen LogP contribution in [0.2, 0.25) is 0 Å². The van der Waals surface area contributed by atoms with Crippen molar-refractivity contribution in [3.05, 3.63) is 60.8 Å². The molecule has 1 unspecified atom stereocenters. The third-order valence-electron chi connectivity index (χ3n) is 13.7. The van der Waals surface area contributed by atoms with Gasteiger partial charge in [-0.1, -0.05) is 274 Å². The van der Waals surface area contributed by atoms with E-state index in [9.17, 15) is 14.4 Å². The van der Waals surface area contributed by atoms with Gasteiger partial charge in [0, 0.05) is 19.3 Å². The summed E-state index contributed by atoms with van der Waals surface area (Å²) in [5.41, 5.74) is 0. The highest BCUT2D eigenvalue weighted by Gasteiger charge is 2.19. The van der Waals surface area contributed by atoms with Crippen LogP contribution < -0.4 is 0 Å². The third kappa shape index (κ3) is 58.0. The minimum atomic E-state index is -0.779. The van der Waals surface area contributed by atoms with Crippen molar-refractivity contribution in [2.45, 2.75) is 329 Å². The van der Waals surface area contributed by atoms with Gasteiger partial charge in [0.25, 0.3) is 0 Å². The molecule has 0 fully saturated rings. The monoisotopic (exact) mass is 1010 g/mol. The molecule has 0 aliphatic rings. The molecule has 0 rings (SSSR count). The Bertz CT molecular complexity index is 1290. The Kier molecular flexibility index (Phi) is 58.2. The molecule has 0 aliphatic carbocycles. The molecule has 6 heteroatoms. The maximum atomic E-state index is 12.8.